The molecule has 1 saturated heterocycles. The first-order valence-corrected chi connectivity index (χ1v) is 11.6. The van der Waals surface area contributed by atoms with E-state index in [4.69, 9.17) is 9.47 Å². The van der Waals surface area contributed by atoms with E-state index < -0.39 is 24.2 Å². The molecule has 34 heavy (non-hydrogen) atoms. The van der Waals surface area contributed by atoms with Crippen LogP contribution in [0.3, 0.4) is 0 Å². The van der Waals surface area contributed by atoms with E-state index in [2.05, 4.69) is 29.6 Å². The van der Waals surface area contributed by atoms with Gasteiger partial charge in [0.15, 0.2) is 0 Å². The number of likely N-dealkylation sites (tertiary alicyclic amines) is 1. The lowest BCUT2D eigenvalue weighted by Gasteiger charge is -2.33. The minimum atomic E-state index is -0.987. The highest BCUT2D eigenvalue weighted by molar-refractivity contribution is 5.84. The van der Waals surface area contributed by atoms with Crippen LogP contribution in [0, 0.1) is 0 Å². The molecule has 0 radical (unpaired) electrons. The van der Waals surface area contributed by atoms with E-state index in [9.17, 15) is 19.5 Å². The molecule has 0 aromatic heterocycles. The molecule has 8 nitrogen and oxygen atoms in total. The van der Waals surface area contributed by atoms with Gasteiger partial charge in [0.05, 0.1) is 12.5 Å². The minimum absolute atomic E-state index is 0.00998. The largest absolute Gasteiger partial charge is 0.480 e. The molecule has 0 bridgehead atoms. The average molecular weight is 467 g/mol. The van der Waals surface area contributed by atoms with Crippen LogP contribution in [0.2, 0.25) is 0 Å². The highest BCUT2D eigenvalue weighted by Gasteiger charge is 2.33. The average Bonchev–Trinajstić information content (AvgIpc) is 3.18. The second-order valence-corrected chi connectivity index (χ2v) is 8.71. The number of amides is 2. The van der Waals surface area contributed by atoms with E-state index in [-0.39, 0.29) is 31.4 Å². The van der Waals surface area contributed by atoms with E-state index in [1.54, 1.807) is 0 Å². The van der Waals surface area contributed by atoms with Crippen LogP contribution in [0.15, 0.2) is 48.5 Å². The van der Waals surface area contributed by atoms with E-state index in [0.29, 0.717) is 13.0 Å². The van der Waals surface area contributed by atoms with Gasteiger partial charge in [0.1, 0.15) is 12.6 Å². The zero-order valence-electron chi connectivity index (χ0n) is 19.2. The Labute approximate surface area is 198 Å². The van der Waals surface area contributed by atoms with Crippen molar-refractivity contribution in [1.82, 2.24) is 10.2 Å². The summed E-state index contributed by atoms with van der Waals surface area (Å²) in [5.74, 6) is -1.31. The third kappa shape index (κ3) is 5.07. The number of rotatable bonds is 8. The third-order valence-corrected chi connectivity index (χ3v) is 6.66. The van der Waals surface area contributed by atoms with Gasteiger partial charge in [-0.15, -0.1) is 0 Å². The molecule has 0 spiro atoms. The number of nitrogens with zero attached hydrogens (tertiary/aromatic N) is 1. The number of piperidine rings is 1. The Balaban J connectivity index is 1.30. The van der Waals surface area contributed by atoms with Crippen LogP contribution >= 0.6 is 0 Å². The molecule has 2 N–H and O–H groups in total. The van der Waals surface area contributed by atoms with Gasteiger partial charge in [0.2, 0.25) is 5.91 Å². The topological polar surface area (TPSA) is 105 Å². The van der Waals surface area contributed by atoms with Gasteiger partial charge in [-0.1, -0.05) is 48.5 Å². The van der Waals surface area contributed by atoms with Crippen molar-refractivity contribution in [1.29, 1.82) is 0 Å². The molecule has 2 aromatic carbocycles. The molecule has 2 amide bonds. The number of aliphatic carboxylic acids is 1. The second kappa shape index (κ2) is 10.7. The van der Waals surface area contributed by atoms with Crippen LogP contribution in [0.5, 0.6) is 0 Å². The van der Waals surface area contributed by atoms with Crippen molar-refractivity contribution in [3.05, 3.63) is 59.7 Å². The van der Waals surface area contributed by atoms with Crippen LogP contribution in [0.4, 0.5) is 4.79 Å². The monoisotopic (exact) mass is 466 g/mol. The van der Waals surface area contributed by atoms with Crippen LogP contribution in [0.1, 0.15) is 42.7 Å². The molecular weight excluding hydrogens is 436 g/mol. The number of nitrogens with one attached hydrogen (secondary N) is 1. The maximum absolute atomic E-state index is 12.7. The molecule has 2 unspecified atom stereocenters. The van der Waals surface area contributed by atoms with E-state index >= 15 is 0 Å². The molecule has 2 aromatic rings. The van der Waals surface area contributed by atoms with Crippen molar-refractivity contribution in [2.75, 3.05) is 26.8 Å². The van der Waals surface area contributed by atoms with Crippen molar-refractivity contribution < 1.29 is 29.0 Å². The molecule has 1 fully saturated rings. The number of carboxylic acid groups (broad SMARTS) is 1. The summed E-state index contributed by atoms with van der Waals surface area (Å²) in [5, 5.41) is 12.1. The summed E-state index contributed by atoms with van der Waals surface area (Å²) >= 11 is 0. The van der Waals surface area contributed by atoms with Crippen molar-refractivity contribution in [2.24, 2.45) is 0 Å². The fourth-order valence-corrected chi connectivity index (χ4v) is 4.88. The van der Waals surface area contributed by atoms with E-state index in [0.717, 1.165) is 35.1 Å². The minimum Gasteiger partial charge on any atom is -0.480 e. The Morgan fingerprint density at radius 3 is 2.32 bits per heavy atom. The molecule has 0 saturated carbocycles. The van der Waals surface area contributed by atoms with Gasteiger partial charge in [-0.05, 0) is 41.5 Å². The zero-order chi connectivity index (χ0) is 24.1. The Morgan fingerprint density at radius 2 is 1.71 bits per heavy atom. The van der Waals surface area contributed by atoms with Crippen LogP contribution in [-0.2, 0) is 19.1 Å². The van der Waals surface area contributed by atoms with Crippen molar-refractivity contribution >= 4 is 18.0 Å². The number of carboxylic acids is 1. The quantitative estimate of drug-likeness (QED) is 0.618. The summed E-state index contributed by atoms with van der Waals surface area (Å²) in [4.78, 5) is 38.0. The van der Waals surface area contributed by atoms with Gasteiger partial charge in [-0.25, -0.2) is 9.59 Å². The molecule has 4 rings (SSSR count). The number of carbonyl (C=O) groups excluding carboxylic acids is 2. The van der Waals surface area contributed by atoms with Crippen molar-refractivity contribution in [3.8, 4) is 11.1 Å². The van der Waals surface area contributed by atoms with Gasteiger partial charge in [0.25, 0.3) is 0 Å². The Bertz CT molecular complexity index is 1010. The first kappa shape index (κ1) is 23.8. The summed E-state index contributed by atoms with van der Waals surface area (Å²) in [6.45, 7) is 0.709. The van der Waals surface area contributed by atoms with Gasteiger partial charge in [-0.3, -0.25) is 4.79 Å². The Kier molecular flexibility index (Phi) is 7.47. The molecule has 180 valence electrons. The normalized spacial score (nSPS) is 18.0. The van der Waals surface area contributed by atoms with E-state index in [1.807, 2.05) is 24.3 Å². The van der Waals surface area contributed by atoms with Crippen LogP contribution in [0.25, 0.3) is 11.1 Å². The van der Waals surface area contributed by atoms with Crippen LogP contribution in [-0.4, -0.2) is 66.9 Å². The summed E-state index contributed by atoms with van der Waals surface area (Å²) in [7, 11) is 1.46. The van der Waals surface area contributed by atoms with Gasteiger partial charge in [-0.2, -0.15) is 0 Å². The lowest BCUT2D eigenvalue weighted by Crippen LogP contribution is -2.49. The van der Waals surface area contributed by atoms with Crippen molar-refractivity contribution in [2.45, 2.75) is 43.7 Å². The maximum atomic E-state index is 12.7. The second-order valence-electron chi connectivity index (χ2n) is 8.71. The molecule has 1 heterocycles. The lowest BCUT2D eigenvalue weighted by molar-refractivity contribution is -0.153. The Morgan fingerprint density at radius 1 is 1.06 bits per heavy atom. The highest BCUT2D eigenvalue weighted by atomic mass is 16.5. The summed E-state index contributed by atoms with van der Waals surface area (Å²) in [6.07, 6.45) is 0.853. The van der Waals surface area contributed by atoms with E-state index in [1.165, 1.54) is 12.0 Å². The highest BCUT2D eigenvalue weighted by Crippen LogP contribution is 2.44. The number of hydrogen-bond acceptors (Lipinski definition) is 5. The SMILES string of the molecule is COC(CNC(=O)OCC1c2ccccc2-c2ccccc21)CC(=O)N1CCCCC1C(=O)O. The number of hydrogen-bond donors (Lipinski definition) is 2. The summed E-state index contributed by atoms with van der Waals surface area (Å²) < 4.78 is 10.9. The van der Waals surface area contributed by atoms with Gasteiger partial charge < -0.3 is 24.8 Å². The zero-order valence-corrected chi connectivity index (χ0v) is 19.2. The number of ether oxygens (including phenoxy) is 2. The third-order valence-electron chi connectivity index (χ3n) is 6.66. The van der Waals surface area contributed by atoms with Gasteiger partial charge >= 0.3 is 12.1 Å². The molecule has 1 aliphatic carbocycles. The Hall–Kier alpha value is -3.39. The first-order valence-electron chi connectivity index (χ1n) is 11.6. The fourth-order valence-electron chi connectivity index (χ4n) is 4.88. The number of fused-ring (bicyclic) bond motifs is 3. The molecule has 8 heteroatoms. The number of benzene rings is 2. The summed E-state index contributed by atoms with van der Waals surface area (Å²) in [6, 6.07) is 15.4. The smallest absolute Gasteiger partial charge is 0.407 e. The maximum Gasteiger partial charge on any atom is 0.407 e. The predicted molar refractivity (Wildman–Crippen MR) is 125 cm³/mol. The van der Waals surface area contributed by atoms with Crippen LogP contribution < -0.4 is 5.32 Å². The van der Waals surface area contributed by atoms with Gasteiger partial charge in [0, 0.05) is 26.1 Å². The first-order chi connectivity index (χ1) is 16.5. The summed E-state index contributed by atoms with van der Waals surface area (Å²) in [5.41, 5.74) is 4.57. The lowest BCUT2D eigenvalue weighted by atomic mass is 9.98. The predicted octanol–water partition coefficient (Wildman–Crippen LogP) is 3.40. The number of carbonyl (C=O) groups is 3. The van der Waals surface area contributed by atoms with Crippen molar-refractivity contribution in [3.63, 3.8) is 0 Å². The number of methoxy groups -OCH3 is 1. The fraction of sp³-hybridized carbons (Fsp3) is 0.423. The standard InChI is InChI=1S/C26H30N2O6/c1-33-17(14-24(29)28-13-7-6-12-23(28)25(30)31)15-27-26(32)34-16-22-20-10-4-2-8-18(20)19-9-3-5-11-21(19)22/h2-5,8-11,17,22-23H,6-7,12-16H2,1H3,(H,27,32)(H,30,31). The number of alkyl carbamates (subject to hydrolysis) is 1. The molecule has 1 aliphatic heterocycles. The molecule has 2 aliphatic rings. The molecular formula is C26H30N2O6. The molecule has 2 atom stereocenters.